The maximum Gasteiger partial charge on any atom is 0.274 e. The van der Waals surface area contributed by atoms with E-state index in [1.807, 2.05) is 12.1 Å². The van der Waals surface area contributed by atoms with Crippen LogP contribution in [0.4, 0.5) is 18.9 Å². The van der Waals surface area contributed by atoms with Gasteiger partial charge in [-0.05, 0) is 67.6 Å². The van der Waals surface area contributed by atoms with Crippen LogP contribution in [-0.4, -0.2) is 61.6 Å². The lowest BCUT2D eigenvalue weighted by Crippen LogP contribution is -2.36. The summed E-state index contributed by atoms with van der Waals surface area (Å²) in [7, 11) is 1.36. The zero-order valence-electron chi connectivity index (χ0n) is 21.4. The Balaban J connectivity index is 1.84. The van der Waals surface area contributed by atoms with E-state index in [1.54, 1.807) is 6.07 Å². The van der Waals surface area contributed by atoms with Crippen molar-refractivity contribution in [2.75, 3.05) is 38.3 Å². The van der Waals surface area contributed by atoms with Crippen molar-refractivity contribution in [3.8, 4) is 11.3 Å². The third kappa shape index (κ3) is 5.14. The molecule has 1 N–H and O–H groups in total. The number of rotatable bonds is 8. The predicted molar refractivity (Wildman–Crippen MR) is 141 cm³/mol. The number of methoxy groups -OCH3 is 1. The summed E-state index contributed by atoms with van der Waals surface area (Å²) in [6.07, 6.45) is 0.684. The molecule has 7 nitrogen and oxygen atoms in total. The minimum absolute atomic E-state index is 0.0233. The highest BCUT2D eigenvalue weighted by Gasteiger charge is 2.43. The topological polar surface area (TPSA) is 80.1 Å². The van der Waals surface area contributed by atoms with Crippen LogP contribution in [0.3, 0.4) is 0 Å². The largest absolute Gasteiger partial charge is 0.481 e. The lowest BCUT2D eigenvalue weighted by molar-refractivity contribution is -0.0749. The van der Waals surface area contributed by atoms with Crippen molar-refractivity contribution in [2.45, 2.75) is 25.9 Å². The first-order chi connectivity index (χ1) is 18.2. The fourth-order valence-corrected chi connectivity index (χ4v) is 4.55. The van der Waals surface area contributed by atoms with Gasteiger partial charge in [0.15, 0.2) is 5.60 Å². The lowest BCUT2D eigenvalue weighted by atomic mass is 9.82. The Hall–Kier alpha value is -3.76. The van der Waals surface area contributed by atoms with E-state index in [2.05, 4.69) is 26.6 Å². The quantitative estimate of drug-likeness (QED) is 0.248. The summed E-state index contributed by atoms with van der Waals surface area (Å²) in [6, 6.07) is 7.93. The van der Waals surface area contributed by atoms with Crippen LogP contribution in [0.5, 0.6) is 0 Å². The number of aliphatic imine (C=N–C) groups is 1. The van der Waals surface area contributed by atoms with E-state index in [4.69, 9.17) is 9.47 Å². The Labute approximate surface area is 219 Å². The van der Waals surface area contributed by atoms with Crippen LogP contribution in [0, 0.1) is 12.7 Å². The molecule has 1 aromatic heterocycles. The fraction of sp³-hybridized carbons (Fsp3) is 0.321. The molecular formula is C28H29F3N4O3. The first-order valence-electron chi connectivity index (χ1n) is 12.0. The van der Waals surface area contributed by atoms with Gasteiger partial charge >= 0.3 is 0 Å². The van der Waals surface area contributed by atoms with Crippen molar-refractivity contribution in [1.82, 2.24) is 9.97 Å². The summed E-state index contributed by atoms with van der Waals surface area (Å²) in [5.41, 5.74) is -1.05. The molecule has 1 aliphatic rings. The third-order valence-corrected chi connectivity index (χ3v) is 6.73. The lowest BCUT2D eigenvalue weighted by Gasteiger charge is -2.31. The van der Waals surface area contributed by atoms with Crippen molar-refractivity contribution in [3.63, 3.8) is 0 Å². The first kappa shape index (κ1) is 27.3. The third-order valence-electron chi connectivity index (χ3n) is 6.73. The normalized spacial score (nSPS) is 16.6. The molecule has 4 rings (SSSR count). The van der Waals surface area contributed by atoms with Gasteiger partial charge in [0, 0.05) is 35.8 Å². The van der Waals surface area contributed by atoms with Crippen molar-refractivity contribution in [1.29, 1.82) is 0 Å². The molecule has 1 fully saturated rings. The number of aliphatic hydroxyl groups is 1. The van der Waals surface area contributed by atoms with Crippen LogP contribution >= 0.6 is 0 Å². The van der Waals surface area contributed by atoms with E-state index < -0.39 is 17.8 Å². The molecule has 1 unspecified atom stereocenters. The Kier molecular flexibility index (Phi) is 8.13. The zero-order chi connectivity index (χ0) is 27.4. The second-order valence-corrected chi connectivity index (χ2v) is 8.95. The number of nitrogens with zero attached hydrogens (tertiary/aromatic N) is 4. The molecule has 0 bridgehead atoms. The molecule has 1 saturated heterocycles. The molecule has 10 heteroatoms. The molecule has 0 aliphatic carbocycles. The van der Waals surface area contributed by atoms with Gasteiger partial charge in [0.2, 0.25) is 5.88 Å². The van der Waals surface area contributed by atoms with Crippen LogP contribution in [0.15, 0.2) is 65.3 Å². The van der Waals surface area contributed by atoms with E-state index in [9.17, 15) is 13.9 Å². The summed E-state index contributed by atoms with van der Waals surface area (Å²) in [5.74, 6) is -0.569. The summed E-state index contributed by atoms with van der Waals surface area (Å²) in [6.45, 7) is 8.89. The Morgan fingerprint density at radius 1 is 1.21 bits per heavy atom. The minimum atomic E-state index is -3.22. The summed E-state index contributed by atoms with van der Waals surface area (Å²) in [5, 5.41) is 11.9. The second kappa shape index (κ2) is 11.3. The van der Waals surface area contributed by atoms with Gasteiger partial charge in [-0.3, -0.25) is 0 Å². The van der Waals surface area contributed by atoms with E-state index >= 15 is 4.39 Å². The van der Waals surface area contributed by atoms with E-state index in [-0.39, 0.29) is 33.8 Å². The maximum absolute atomic E-state index is 15.3. The van der Waals surface area contributed by atoms with Gasteiger partial charge in [-0.2, -0.15) is 0 Å². The average Bonchev–Trinajstić information content (AvgIpc) is 2.93. The minimum Gasteiger partial charge on any atom is -0.481 e. The number of halogens is 3. The number of aryl methyl sites for hydroxylation is 1. The Morgan fingerprint density at radius 3 is 2.61 bits per heavy atom. The molecule has 0 spiro atoms. The number of allylic oxidation sites excluding steroid dienone is 2. The number of hydrogen-bond donors (Lipinski definition) is 1. The van der Waals surface area contributed by atoms with Crippen LogP contribution in [0.25, 0.3) is 22.2 Å². The van der Waals surface area contributed by atoms with Crippen LogP contribution < -0.4 is 4.90 Å². The van der Waals surface area contributed by atoms with Gasteiger partial charge in [0.25, 0.3) is 6.43 Å². The molecule has 200 valence electrons. The molecule has 2 aromatic carbocycles. The predicted octanol–water partition coefficient (Wildman–Crippen LogP) is 5.17. The summed E-state index contributed by atoms with van der Waals surface area (Å²) < 4.78 is 54.7. The van der Waals surface area contributed by atoms with Gasteiger partial charge in [0.05, 0.1) is 31.5 Å². The van der Waals surface area contributed by atoms with Crippen molar-refractivity contribution in [3.05, 3.63) is 77.2 Å². The number of anilines is 1. The van der Waals surface area contributed by atoms with E-state index in [0.717, 1.165) is 24.8 Å². The molecule has 2 heterocycles. The molecular weight excluding hydrogens is 497 g/mol. The van der Waals surface area contributed by atoms with Crippen LogP contribution in [0.1, 0.15) is 18.1 Å². The second-order valence-electron chi connectivity index (χ2n) is 8.95. The SMILES string of the molecule is C=N/C(=C\C=C(/C)C(O)(c1cc(-c2ncnc3cc(N4CCOCC4)ccc23)c(F)cc1C)C(F)F)OC. The number of morpholine rings is 1. The maximum atomic E-state index is 15.3. The van der Waals surface area contributed by atoms with Crippen LogP contribution in [-0.2, 0) is 15.1 Å². The van der Waals surface area contributed by atoms with Crippen LogP contribution in [0.2, 0.25) is 0 Å². The van der Waals surface area contributed by atoms with Gasteiger partial charge in [-0.15, -0.1) is 0 Å². The molecule has 3 aromatic rings. The fourth-order valence-electron chi connectivity index (χ4n) is 4.55. The summed E-state index contributed by atoms with van der Waals surface area (Å²) in [4.78, 5) is 14.4. The van der Waals surface area contributed by atoms with Crippen molar-refractivity contribution < 1.29 is 27.8 Å². The molecule has 0 amide bonds. The Morgan fingerprint density at radius 2 is 1.95 bits per heavy atom. The van der Waals surface area contributed by atoms with Crippen molar-refractivity contribution >= 4 is 23.3 Å². The van der Waals surface area contributed by atoms with E-state index in [1.165, 1.54) is 45.5 Å². The number of ether oxygens (including phenoxy) is 2. The molecule has 0 radical (unpaired) electrons. The highest BCUT2D eigenvalue weighted by atomic mass is 19.3. The van der Waals surface area contributed by atoms with Gasteiger partial charge in [-0.25, -0.2) is 28.1 Å². The molecule has 1 atom stereocenters. The van der Waals surface area contributed by atoms with Crippen molar-refractivity contribution in [2.24, 2.45) is 4.99 Å². The van der Waals surface area contributed by atoms with Gasteiger partial charge < -0.3 is 19.5 Å². The number of benzene rings is 2. The monoisotopic (exact) mass is 526 g/mol. The zero-order valence-corrected chi connectivity index (χ0v) is 21.4. The highest BCUT2D eigenvalue weighted by Crippen LogP contribution is 2.41. The van der Waals surface area contributed by atoms with E-state index in [0.29, 0.717) is 24.1 Å². The highest BCUT2D eigenvalue weighted by molar-refractivity contribution is 5.94. The standard InChI is InChI=1S/C28H29F3N4O3/c1-17-13-23(29)21(15-22(17)28(36,27(30)31)18(2)5-8-25(32-3)37-4)26-20-7-6-19(14-24(20)33-16-34-26)35-9-11-38-12-10-35/h5-8,13-16,27,36H,3,9-12H2,1-2,4H3/b18-5+,25-8+. The average molecular weight is 527 g/mol. The molecule has 1 aliphatic heterocycles. The number of fused-ring (bicyclic) bond motifs is 1. The van der Waals surface area contributed by atoms with Gasteiger partial charge in [0.1, 0.15) is 12.1 Å². The summed E-state index contributed by atoms with van der Waals surface area (Å²) >= 11 is 0. The molecule has 0 saturated carbocycles. The first-order valence-corrected chi connectivity index (χ1v) is 12.0. The number of aromatic nitrogens is 2. The Bertz CT molecular complexity index is 1400. The smallest absolute Gasteiger partial charge is 0.274 e. The number of hydrogen-bond acceptors (Lipinski definition) is 7. The number of alkyl halides is 2. The molecule has 38 heavy (non-hydrogen) atoms. The van der Waals surface area contributed by atoms with Gasteiger partial charge in [-0.1, -0.05) is 6.08 Å².